The van der Waals surface area contributed by atoms with Crippen LogP contribution in [0.15, 0.2) is 59.5 Å². The standard InChI is InChI=1S/C23H27N3O5S/c1-17(27)19-6-5-9-21(16-19)32(30,31)25-13-10-18(11-14-25)23(29)26(15-12-22(24)28)20-7-3-2-4-8-20/h2-9,16,18H,10-15H2,1H3,(H2,24,28). The number of rotatable bonds is 8. The number of ketones is 1. The van der Waals surface area contributed by atoms with E-state index in [4.69, 9.17) is 5.73 Å². The zero-order valence-corrected chi connectivity index (χ0v) is 18.8. The van der Waals surface area contributed by atoms with Gasteiger partial charge in [0.2, 0.25) is 21.8 Å². The minimum absolute atomic E-state index is 0.0420. The van der Waals surface area contributed by atoms with Crippen molar-refractivity contribution in [1.82, 2.24) is 4.31 Å². The summed E-state index contributed by atoms with van der Waals surface area (Å²) in [5.74, 6) is -1.21. The third kappa shape index (κ3) is 5.41. The van der Waals surface area contributed by atoms with Gasteiger partial charge in [-0.3, -0.25) is 14.4 Å². The number of anilines is 1. The lowest BCUT2D eigenvalue weighted by molar-refractivity contribution is -0.123. The van der Waals surface area contributed by atoms with Crippen molar-refractivity contribution in [2.75, 3.05) is 24.5 Å². The van der Waals surface area contributed by atoms with Gasteiger partial charge in [-0.05, 0) is 44.0 Å². The molecular weight excluding hydrogens is 430 g/mol. The third-order valence-electron chi connectivity index (χ3n) is 5.60. The van der Waals surface area contributed by atoms with Gasteiger partial charge in [0.05, 0.1) is 4.90 Å². The maximum atomic E-state index is 13.2. The Bertz CT molecular complexity index is 1090. The number of amides is 2. The molecule has 1 aliphatic heterocycles. The molecule has 0 aliphatic carbocycles. The fourth-order valence-corrected chi connectivity index (χ4v) is 5.30. The molecule has 32 heavy (non-hydrogen) atoms. The second-order valence-electron chi connectivity index (χ2n) is 7.80. The lowest BCUT2D eigenvalue weighted by Gasteiger charge is -2.33. The van der Waals surface area contributed by atoms with Crippen molar-refractivity contribution in [2.24, 2.45) is 11.7 Å². The molecule has 3 rings (SSSR count). The van der Waals surface area contributed by atoms with Crippen LogP contribution in [0.5, 0.6) is 0 Å². The van der Waals surface area contributed by atoms with Crippen molar-refractivity contribution in [2.45, 2.75) is 31.1 Å². The van der Waals surface area contributed by atoms with E-state index >= 15 is 0 Å². The van der Waals surface area contributed by atoms with Crippen molar-refractivity contribution in [3.05, 3.63) is 60.2 Å². The Balaban J connectivity index is 1.72. The van der Waals surface area contributed by atoms with Gasteiger partial charge in [0.25, 0.3) is 0 Å². The van der Waals surface area contributed by atoms with E-state index in [1.54, 1.807) is 29.2 Å². The number of benzene rings is 2. The summed E-state index contributed by atoms with van der Waals surface area (Å²) in [5, 5.41) is 0. The SMILES string of the molecule is CC(=O)c1cccc(S(=O)(=O)N2CCC(C(=O)N(CCC(N)=O)c3ccccc3)CC2)c1. The zero-order valence-electron chi connectivity index (χ0n) is 17.9. The second kappa shape index (κ2) is 10.1. The molecule has 2 amide bonds. The molecule has 9 heteroatoms. The monoisotopic (exact) mass is 457 g/mol. The summed E-state index contributed by atoms with van der Waals surface area (Å²) in [6.45, 7) is 1.96. The number of nitrogens with two attached hydrogens (primary N) is 1. The van der Waals surface area contributed by atoms with Crippen molar-refractivity contribution >= 4 is 33.3 Å². The van der Waals surface area contributed by atoms with E-state index in [1.165, 1.54) is 23.4 Å². The first-order chi connectivity index (χ1) is 15.2. The number of para-hydroxylation sites is 1. The summed E-state index contributed by atoms with van der Waals surface area (Å²) in [5.41, 5.74) is 6.29. The highest BCUT2D eigenvalue weighted by molar-refractivity contribution is 7.89. The molecule has 8 nitrogen and oxygen atoms in total. The van der Waals surface area contributed by atoms with Gasteiger partial charge in [0, 0.05) is 43.2 Å². The molecule has 1 heterocycles. The van der Waals surface area contributed by atoms with Crippen LogP contribution in [-0.4, -0.2) is 50.0 Å². The average molecular weight is 458 g/mol. The summed E-state index contributed by atoms with van der Waals surface area (Å²) in [7, 11) is -3.77. The summed E-state index contributed by atoms with van der Waals surface area (Å²) in [6.07, 6.45) is 0.773. The van der Waals surface area contributed by atoms with E-state index in [0.717, 1.165) is 0 Å². The molecule has 0 atom stereocenters. The molecular formula is C23H27N3O5S. The Morgan fingerprint density at radius 2 is 1.69 bits per heavy atom. The molecule has 1 saturated heterocycles. The van der Waals surface area contributed by atoms with E-state index < -0.39 is 15.9 Å². The van der Waals surface area contributed by atoms with Crippen LogP contribution in [0, 0.1) is 5.92 Å². The summed E-state index contributed by atoms with van der Waals surface area (Å²) >= 11 is 0. The lowest BCUT2D eigenvalue weighted by Crippen LogP contribution is -2.45. The van der Waals surface area contributed by atoms with Gasteiger partial charge in [-0.25, -0.2) is 8.42 Å². The van der Waals surface area contributed by atoms with Crippen LogP contribution >= 0.6 is 0 Å². The Hall–Kier alpha value is -3.04. The Labute approximate surface area is 188 Å². The molecule has 0 saturated carbocycles. The fraction of sp³-hybridized carbons (Fsp3) is 0.348. The highest BCUT2D eigenvalue weighted by Crippen LogP contribution is 2.27. The minimum atomic E-state index is -3.77. The number of carbonyl (C=O) groups excluding carboxylic acids is 3. The van der Waals surface area contributed by atoms with Crippen LogP contribution in [0.4, 0.5) is 5.69 Å². The minimum Gasteiger partial charge on any atom is -0.370 e. The number of primary amides is 1. The Kier molecular flexibility index (Phi) is 7.42. The average Bonchev–Trinajstić information content (AvgIpc) is 2.79. The molecule has 1 fully saturated rings. The Morgan fingerprint density at radius 3 is 2.28 bits per heavy atom. The summed E-state index contributed by atoms with van der Waals surface area (Å²) < 4.78 is 27.4. The number of nitrogens with zero attached hydrogens (tertiary/aromatic N) is 2. The number of carbonyl (C=O) groups is 3. The molecule has 2 N–H and O–H groups in total. The topological polar surface area (TPSA) is 118 Å². The summed E-state index contributed by atoms with van der Waals surface area (Å²) in [6, 6.07) is 15.0. The van der Waals surface area contributed by atoms with Gasteiger partial charge in [-0.1, -0.05) is 30.3 Å². The van der Waals surface area contributed by atoms with Crippen molar-refractivity contribution in [1.29, 1.82) is 0 Å². The first-order valence-electron chi connectivity index (χ1n) is 10.5. The predicted molar refractivity (Wildman–Crippen MR) is 121 cm³/mol. The molecule has 2 aromatic carbocycles. The molecule has 0 bridgehead atoms. The first kappa shape index (κ1) is 23.6. The van der Waals surface area contributed by atoms with E-state index in [9.17, 15) is 22.8 Å². The molecule has 0 spiro atoms. The largest absolute Gasteiger partial charge is 0.370 e. The van der Waals surface area contributed by atoms with Crippen molar-refractivity contribution < 1.29 is 22.8 Å². The maximum absolute atomic E-state index is 13.2. The quantitative estimate of drug-likeness (QED) is 0.610. The fourth-order valence-electron chi connectivity index (χ4n) is 3.78. The van der Waals surface area contributed by atoms with Gasteiger partial charge in [-0.15, -0.1) is 0 Å². The Morgan fingerprint density at radius 1 is 1.03 bits per heavy atom. The van der Waals surface area contributed by atoms with E-state index in [-0.39, 0.29) is 48.6 Å². The number of hydrogen-bond donors (Lipinski definition) is 1. The van der Waals surface area contributed by atoms with E-state index in [0.29, 0.717) is 24.1 Å². The van der Waals surface area contributed by atoms with Crippen molar-refractivity contribution in [3.63, 3.8) is 0 Å². The normalized spacial score (nSPS) is 15.3. The molecule has 1 aliphatic rings. The maximum Gasteiger partial charge on any atom is 0.243 e. The molecule has 0 radical (unpaired) electrons. The molecule has 170 valence electrons. The van der Waals surface area contributed by atoms with E-state index in [2.05, 4.69) is 0 Å². The molecule has 2 aromatic rings. The highest BCUT2D eigenvalue weighted by Gasteiger charge is 2.34. The van der Waals surface area contributed by atoms with Crippen LogP contribution in [0.2, 0.25) is 0 Å². The van der Waals surface area contributed by atoms with Crippen LogP contribution in [0.3, 0.4) is 0 Å². The smallest absolute Gasteiger partial charge is 0.243 e. The van der Waals surface area contributed by atoms with Crippen LogP contribution < -0.4 is 10.6 Å². The van der Waals surface area contributed by atoms with E-state index in [1.807, 2.05) is 18.2 Å². The van der Waals surface area contributed by atoms with Gasteiger partial charge in [0.15, 0.2) is 5.78 Å². The molecule has 0 unspecified atom stereocenters. The lowest BCUT2D eigenvalue weighted by atomic mass is 9.96. The van der Waals surface area contributed by atoms with Crippen LogP contribution in [-0.2, 0) is 19.6 Å². The van der Waals surface area contributed by atoms with Gasteiger partial charge < -0.3 is 10.6 Å². The van der Waals surface area contributed by atoms with Crippen LogP contribution in [0.1, 0.15) is 36.5 Å². The summed E-state index contributed by atoms with van der Waals surface area (Å²) in [4.78, 5) is 37.7. The second-order valence-corrected chi connectivity index (χ2v) is 9.74. The van der Waals surface area contributed by atoms with Gasteiger partial charge in [0.1, 0.15) is 0 Å². The number of piperidine rings is 1. The first-order valence-corrected chi connectivity index (χ1v) is 11.9. The van der Waals surface area contributed by atoms with Gasteiger partial charge in [-0.2, -0.15) is 4.31 Å². The van der Waals surface area contributed by atoms with Gasteiger partial charge >= 0.3 is 0 Å². The third-order valence-corrected chi connectivity index (χ3v) is 7.49. The van der Waals surface area contributed by atoms with Crippen LogP contribution in [0.25, 0.3) is 0 Å². The number of hydrogen-bond acceptors (Lipinski definition) is 5. The predicted octanol–water partition coefficient (Wildman–Crippen LogP) is 2.20. The highest BCUT2D eigenvalue weighted by atomic mass is 32.2. The zero-order chi connectivity index (χ0) is 23.3. The molecule has 0 aromatic heterocycles. The number of Topliss-reactive ketones (excluding diaryl/α,β-unsaturated/α-hetero) is 1. The van der Waals surface area contributed by atoms with Crippen molar-refractivity contribution in [3.8, 4) is 0 Å². The number of sulfonamides is 1.